The Balaban J connectivity index is 2.24. The maximum absolute atomic E-state index is 12.1. The first-order valence-corrected chi connectivity index (χ1v) is 8.09. The SMILES string of the molecule is CS(=O)(=O)C=CCNC(=O)c1cc(=O)[nH]c2ccccc12. The smallest absolute Gasteiger partial charge is 0.252 e. The summed E-state index contributed by atoms with van der Waals surface area (Å²) in [7, 11) is -3.21. The van der Waals surface area contributed by atoms with Crippen molar-refractivity contribution in [3.05, 3.63) is 57.7 Å². The molecule has 0 bridgehead atoms. The van der Waals surface area contributed by atoms with Crippen molar-refractivity contribution < 1.29 is 13.2 Å². The van der Waals surface area contributed by atoms with Gasteiger partial charge in [-0.05, 0) is 6.07 Å². The van der Waals surface area contributed by atoms with Crippen molar-refractivity contribution in [1.82, 2.24) is 10.3 Å². The summed E-state index contributed by atoms with van der Waals surface area (Å²) in [5, 5.41) is 4.19. The minimum Gasteiger partial charge on any atom is -0.349 e. The Morgan fingerprint density at radius 1 is 1.33 bits per heavy atom. The minimum absolute atomic E-state index is 0.0625. The van der Waals surface area contributed by atoms with Crippen molar-refractivity contribution in [3.8, 4) is 0 Å². The van der Waals surface area contributed by atoms with Crippen LogP contribution in [0.1, 0.15) is 10.4 Å². The van der Waals surface area contributed by atoms with Crippen LogP contribution in [0, 0.1) is 0 Å². The molecular formula is C14H14N2O4S. The summed E-state index contributed by atoms with van der Waals surface area (Å²) >= 11 is 0. The first-order chi connectivity index (χ1) is 9.87. The highest BCUT2D eigenvalue weighted by Gasteiger charge is 2.10. The first kappa shape index (κ1) is 15.0. The second-order valence-corrected chi connectivity index (χ2v) is 6.44. The molecule has 7 heteroatoms. The molecule has 1 heterocycles. The van der Waals surface area contributed by atoms with E-state index in [0.29, 0.717) is 10.9 Å². The summed E-state index contributed by atoms with van der Waals surface area (Å²) in [5.41, 5.74) is 0.453. The molecule has 1 aromatic heterocycles. The van der Waals surface area contributed by atoms with Gasteiger partial charge >= 0.3 is 0 Å². The molecular weight excluding hydrogens is 292 g/mol. The molecule has 110 valence electrons. The molecule has 0 aliphatic rings. The van der Waals surface area contributed by atoms with Gasteiger partial charge in [0, 0.05) is 35.2 Å². The highest BCUT2D eigenvalue weighted by molar-refractivity contribution is 7.93. The Bertz CT molecular complexity index is 866. The van der Waals surface area contributed by atoms with Gasteiger partial charge in [0.15, 0.2) is 9.84 Å². The lowest BCUT2D eigenvalue weighted by molar-refractivity contribution is 0.0959. The number of sulfone groups is 1. The number of aromatic nitrogens is 1. The van der Waals surface area contributed by atoms with Gasteiger partial charge < -0.3 is 10.3 Å². The lowest BCUT2D eigenvalue weighted by atomic mass is 10.1. The molecule has 1 aromatic carbocycles. The lowest BCUT2D eigenvalue weighted by Gasteiger charge is -2.06. The number of carbonyl (C=O) groups excluding carboxylic acids is 1. The monoisotopic (exact) mass is 306 g/mol. The number of hydrogen-bond acceptors (Lipinski definition) is 4. The normalized spacial score (nSPS) is 11.9. The number of para-hydroxylation sites is 1. The van der Waals surface area contributed by atoms with Crippen molar-refractivity contribution in [2.75, 3.05) is 12.8 Å². The lowest BCUT2D eigenvalue weighted by Crippen LogP contribution is -2.25. The molecule has 21 heavy (non-hydrogen) atoms. The maximum Gasteiger partial charge on any atom is 0.252 e. The number of amides is 1. The molecule has 2 aromatic rings. The van der Waals surface area contributed by atoms with Crippen LogP contribution in [0.5, 0.6) is 0 Å². The Morgan fingerprint density at radius 3 is 2.76 bits per heavy atom. The van der Waals surface area contributed by atoms with E-state index in [9.17, 15) is 18.0 Å². The molecule has 0 atom stereocenters. The van der Waals surface area contributed by atoms with E-state index in [1.165, 1.54) is 12.1 Å². The van der Waals surface area contributed by atoms with E-state index < -0.39 is 15.7 Å². The van der Waals surface area contributed by atoms with Crippen molar-refractivity contribution in [2.24, 2.45) is 0 Å². The number of fused-ring (bicyclic) bond motifs is 1. The third-order valence-corrected chi connectivity index (χ3v) is 3.41. The number of H-pyrrole nitrogens is 1. The molecule has 0 spiro atoms. The second kappa shape index (κ2) is 5.92. The summed E-state index contributed by atoms with van der Waals surface area (Å²) in [6, 6.07) is 8.18. The zero-order chi connectivity index (χ0) is 15.5. The zero-order valence-electron chi connectivity index (χ0n) is 11.3. The number of nitrogens with one attached hydrogen (secondary N) is 2. The van der Waals surface area contributed by atoms with Crippen LogP contribution >= 0.6 is 0 Å². The van der Waals surface area contributed by atoms with Gasteiger partial charge in [-0.25, -0.2) is 8.42 Å². The van der Waals surface area contributed by atoms with Crippen molar-refractivity contribution in [1.29, 1.82) is 0 Å². The summed E-state index contributed by atoms with van der Waals surface area (Å²) in [6.07, 6.45) is 2.40. The van der Waals surface area contributed by atoms with Gasteiger partial charge in [0.25, 0.3) is 5.91 Å². The van der Waals surface area contributed by atoms with Crippen LogP contribution in [0.25, 0.3) is 10.9 Å². The predicted octanol–water partition coefficient (Wildman–Crippen LogP) is 0.816. The van der Waals surface area contributed by atoms with E-state index in [2.05, 4.69) is 10.3 Å². The summed E-state index contributed by atoms with van der Waals surface area (Å²) in [6.45, 7) is 0.0625. The van der Waals surface area contributed by atoms with Gasteiger partial charge in [-0.15, -0.1) is 0 Å². The summed E-state index contributed by atoms with van der Waals surface area (Å²) < 4.78 is 21.8. The fraction of sp³-hybridized carbons (Fsp3) is 0.143. The van der Waals surface area contributed by atoms with Crippen LogP contribution < -0.4 is 10.9 Å². The van der Waals surface area contributed by atoms with Gasteiger partial charge in [0.05, 0.1) is 5.56 Å². The quantitative estimate of drug-likeness (QED) is 0.874. The van der Waals surface area contributed by atoms with E-state index in [4.69, 9.17) is 0 Å². The highest BCUT2D eigenvalue weighted by atomic mass is 32.2. The van der Waals surface area contributed by atoms with Crippen LogP contribution in [0.15, 0.2) is 46.6 Å². The average Bonchev–Trinajstić information content (AvgIpc) is 2.41. The van der Waals surface area contributed by atoms with E-state index in [1.807, 2.05) is 0 Å². The third kappa shape index (κ3) is 4.03. The van der Waals surface area contributed by atoms with Gasteiger partial charge in [0.1, 0.15) is 0 Å². The van der Waals surface area contributed by atoms with Gasteiger partial charge in [-0.1, -0.05) is 24.3 Å². The number of hydrogen-bond donors (Lipinski definition) is 2. The van der Waals surface area contributed by atoms with Gasteiger partial charge in [-0.3, -0.25) is 9.59 Å². The number of pyridine rings is 1. The Hall–Kier alpha value is -2.41. The van der Waals surface area contributed by atoms with E-state index in [-0.39, 0.29) is 17.7 Å². The minimum atomic E-state index is -3.21. The average molecular weight is 306 g/mol. The number of rotatable bonds is 4. The summed E-state index contributed by atoms with van der Waals surface area (Å²) in [5.74, 6) is -0.435. The number of benzene rings is 1. The molecule has 0 aliphatic carbocycles. The predicted molar refractivity (Wildman–Crippen MR) is 80.9 cm³/mol. The molecule has 0 unspecified atom stereocenters. The number of carbonyl (C=O) groups is 1. The van der Waals surface area contributed by atoms with Crippen molar-refractivity contribution >= 4 is 26.6 Å². The zero-order valence-corrected chi connectivity index (χ0v) is 12.1. The van der Waals surface area contributed by atoms with E-state index in [0.717, 1.165) is 11.7 Å². The van der Waals surface area contributed by atoms with Crippen molar-refractivity contribution in [3.63, 3.8) is 0 Å². The standard InChI is InChI=1S/C14H14N2O4S/c1-21(19,20)8-4-7-15-14(18)11-9-13(17)16-12-6-3-2-5-10(11)12/h2-6,8-9H,7H2,1H3,(H,15,18)(H,16,17). The molecule has 6 nitrogen and oxygen atoms in total. The molecule has 0 saturated carbocycles. The van der Waals surface area contributed by atoms with Crippen molar-refractivity contribution in [2.45, 2.75) is 0 Å². The van der Waals surface area contributed by atoms with Gasteiger partial charge in [0.2, 0.25) is 5.56 Å². The Labute approximate surface area is 121 Å². The van der Waals surface area contributed by atoms with Crippen LogP contribution in [-0.2, 0) is 9.84 Å². The molecule has 2 rings (SSSR count). The van der Waals surface area contributed by atoms with E-state index in [1.54, 1.807) is 24.3 Å². The van der Waals surface area contributed by atoms with Crippen LogP contribution in [-0.4, -0.2) is 32.1 Å². The van der Waals surface area contributed by atoms with Crippen LogP contribution in [0.2, 0.25) is 0 Å². The fourth-order valence-corrected chi connectivity index (χ4v) is 2.31. The Morgan fingerprint density at radius 2 is 2.05 bits per heavy atom. The Kier molecular flexibility index (Phi) is 4.23. The number of aromatic amines is 1. The molecule has 0 fully saturated rings. The molecule has 0 radical (unpaired) electrons. The summed E-state index contributed by atoms with van der Waals surface area (Å²) in [4.78, 5) is 26.3. The first-order valence-electron chi connectivity index (χ1n) is 6.14. The second-order valence-electron chi connectivity index (χ2n) is 4.50. The third-order valence-electron chi connectivity index (χ3n) is 2.72. The molecule has 2 N–H and O–H groups in total. The topological polar surface area (TPSA) is 96.1 Å². The molecule has 0 saturated heterocycles. The van der Waals surface area contributed by atoms with Crippen LogP contribution in [0.3, 0.4) is 0 Å². The van der Waals surface area contributed by atoms with Gasteiger partial charge in [-0.2, -0.15) is 0 Å². The molecule has 1 amide bonds. The maximum atomic E-state index is 12.1. The van der Waals surface area contributed by atoms with E-state index >= 15 is 0 Å². The largest absolute Gasteiger partial charge is 0.349 e. The highest BCUT2D eigenvalue weighted by Crippen LogP contribution is 2.14. The van der Waals surface area contributed by atoms with Crippen LogP contribution in [0.4, 0.5) is 0 Å². The fourth-order valence-electron chi connectivity index (χ4n) is 1.86. The molecule has 0 aliphatic heterocycles.